The monoisotopic (exact) mass is 190 g/mol. The third kappa shape index (κ3) is 3.75. The van der Waals surface area contributed by atoms with Gasteiger partial charge in [-0.3, -0.25) is 9.63 Å². The average molecular weight is 190 g/mol. The predicted molar refractivity (Wildman–Crippen MR) is 45.0 cm³/mol. The first-order valence-electron chi connectivity index (χ1n) is 3.84. The number of likely N-dealkylation sites (N-methyl/N-ethyl adjacent to an activating group) is 1. The molecule has 13 heavy (non-hydrogen) atoms. The second kappa shape index (κ2) is 5.36. The zero-order valence-corrected chi connectivity index (χ0v) is 7.90. The Labute approximate surface area is 76.4 Å². The van der Waals surface area contributed by atoms with E-state index < -0.39 is 18.0 Å². The highest BCUT2D eigenvalue weighted by molar-refractivity contribution is 5.84. The highest BCUT2D eigenvalue weighted by Crippen LogP contribution is 1.97. The normalized spacial score (nSPS) is 11.9. The summed E-state index contributed by atoms with van der Waals surface area (Å²) in [6, 6.07) is -0.748. The van der Waals surface area contributed by atoms with E-state index in [4.69, 9.17) is 5.11 Å². The lowest BCUT2D eigenvalue weighted by atomic mass is 10.2. The zero-order chi connectivity index (χ0) is 10.4. The summed E-state index contributed by atoms with van der Waals surface area (Å²) in [7, 11) is 2.76. The molecule has 2 N–H and O–H groups in total. The van der Waals surface area contributed by atoms with Gasteiger partial charge in [-0.1, -0.05) is 6.92 Å². The lowest BCUT2D eigenvalue weighted by Crippen LogP contribution is -2.46. The van der Waals surface area contributed by atoms with E-state index in [1.807, 2.05) is 0 Å². The van der Waals surface area contributed by atoms with Crippen LogP contribution < -0.4 is 5.32 Å². The van der Waals surface area contributed by atoms with Crippen LogP contribution in [0.15, 0.2) is 0 Å². The molecule has 6 heteroatoms. The molecule has 0 saturated carbocycles. The number of nitrogens with one attached hydrogen (secondary N) is 1. The van der Waals surface area contributed by atoms with Gasteiger partial charge in [0.2, 0.25) is 0 Å². The summed E-state index contributed by atoms with van der Waals surface area (Å²) in [5.74, 6) is -0.410. The topological polar surface area (TPSA) is 78.9 Å². The molecule has 1 atom stereocenters. The van der Waals surface area contributed by atoms with Crippen molar-refractivity contribution in [2.24, 2.45) is 0 Å². The minimum atomic E-state index is -1.22. The van der Waals surface area contributed by atoms with Crippen molar-refractivity contribution in [3.8, 4) is 0 Å². The average Bonchev–Trinajstić information content (AvgIpc) is 2.11. The summed E-state index contributed by atoms with van der Waals surface area (Å²) in [6.07, 6.45) is -0.830. The maximum atomic E-state index is 11.3. The molecule has 0 spiro atoms. The first-order chi connectivity index (χ1) is 6.02. The third-order valence-electron chi connectivity index (χ3n) is 1.59. The molecule has 0 aromatic carbocycles. The number of carbonyl (C=O) groups excluding carboxylic acids is 1. The van der Waals surface area contributed by atoms with Crippen molar-refractivity contribution in [2.45, 2.75) is 19.4 Å². The summed E-state index contributed by atoms with van der Waals surface area (Å²) in [5, 5.41) is 11.5. The molecule has 0 aromatic heterocycles. The largest absolute Gasteiger partial charge is 0.465 e. The van der Waals surface area contributed by atoms with Gasteiger partial charge in [0.15, 0.2) is 0 Å². The van der Waals surface area contributed by atoms with Crippen LogP contribution >= 0.6 is 0 Å². The Morgan fingerprint density at radius 1 is 1.62 bits per heavy atom. The molecule has 0 bridgehead atoms. The second-order valence-corrected chi connectivity index (χ2v) is 2.43. The lowest BCUT2D eigenvalue weighted by molar-refractivity contribution is -0.170. The molecule has 0 aliphatic rings. The van der Waals surface area contributed by atoms with Crippen LogP contribution in [0.1, 0.15) is 13.3 Å². The van der Waals surface area contributed by atoms with E-state index >= 15 is 0 Å². The predicted octanol–water partition coefficient (Wildman–Crippen LogP) is 0.0524. The molecular formula is C7H14N2O4. The number of carbonyl (C=O) groups is 2. The minimum Gasteiger partial charge on any atom is -0.465 e. The van der Waals surface area contributed by atoms with Crippen molar-refractivity contribution in [2.75, 3.05) is 14.2 Å². The number of hydrogen-bond donors (Lipinski definition) is 2. The Morgan fingerprint density at radius 3 is 2.46 bits per heavy atom. The molecule has 0 aliphatic heterocycles. The number of hydrogen-bond acceptors (Lipinski definition) is 3. The Bertz CT molecular complexity index is 195. The molecule has 76 valence electrons. The summed E-state index contributed by atoms with van der Waals surface area (Å²) in [6.45, 7) is 1.71. The second-order valence-electron chi connectivity index (χ2n) is 2.43. The van der Waals surface area contributed by atoms with E-state index in [2.05, 4.69) is 10.2 Å². The molecule has 0 fully saturated rings. The van der Waals surface area contributed by atoms with Gasteiger partial charge in [-0.2, -0.15) is 0 Å². The van der Waals surface area contributed by atoms with Gasteiger partial charge in [0, 0.05) is 7.05 Å². The van der Waals surface area contributed by atoms with Gasteiger partial charge < -0.3 is 10.4 Å². The first-order valence-corrected chi connectivity index (χ1v) is 3.84. The molecule has 6 nitrogen and oxygen atoms in total. The Balaban J connectivity index is 4.22. The summed E-state index contributed by atoms with van der Waals surface area (Å²) in [5.41, 5.74) is 0. The van der Waals surface area contributed by atoms with Gasteiger partial charge in [-0.15, -0.1) is 0 Å². The molecule has 0 aliphatic carbocycles. The fraction of sp³-hybridized carbons (Fsp3) is 0.714. The van der Waals surface area contributed by atoms with Crippen molar-refractivity contribution in [3.05, 3.63) is 0 Å². The highest BCUT2D eigenvalue weighted by atomic mass is 16.7. The van der Waals surface area contributed by atoms with Crippen LogP contribution in [0.5, 0.6) is 0 Å². The summed E-state index contributed by atoms with van der Waals surface area (Å²) in [4.78, 5) is 26.2. The molecule has 0 rings (SSSR count). The summed E-state index contributed by atoms with van der Waals surface area (Å²) >= 11 is 0. The maximum Gasteiger partial charge on any atom is 0.405 e. The fourth-order valence-corrected chi connectivity index (χ4v) is 0.797. The molecule has 0 radical (unpaired) electrons. The first kappa shape index (κ1) is 11.7. The Kier molecular flexibility index (Phi) is 4.83. The van der Waals surface area contributed by atoms with Crippen LogP contribution in [-0.4, -0.2) is 42.4 Å². The number of carboxylic acid groups (broad SMARTS) is 1. The number of amides is 2. The van der Waals surface area contributed by atoms with Crippen LogP contribution in [0.4, 0.5) is 4.79 Å². The van der Waals surface area contributed by atoms with Gasteiger partial charge in [0.25, 0.3) is 5.91 Å². The third-order valence-corrected chi connectivity index (χ3v) is 1.59. The van der Waals surface area contributed by atoms with Crippen molar-refractivity contribution < 1.29 is 19.5 Å². The van der Waals surface area contributed by atoms with Crippen molar-refractivity contribution in [3.63, 3.8) is 0 Å². The molecular weight excluding hydrogens is 176 g/mol. The van der Waals surface area contributed by atoms with E-state index in [9.17, 15) is 9.59 Å². The van der Waals surface area contributed by atoms with Gasteiger partial charge in [-0.25, -0.2) is 9.86 Å². The van der Waals surface area contributed by atoms with Crippen LogP contribution in [0, 0.1) is 0 Å². The van der Waals surface area contributed by atoms with Crippen LogP contribution in [0.25, 0.3) is 0 Å². The van der Waals surface area contributed by atoms with E-state index in [-0.39, 0.29) is 0 Å². The zero-order valence-electron chi connectivity index (χ0n) is 7.90. The van der Waals surface area contributed by atoms with E-state index in [1.54, 1.807) is 6.92 Å². The van der Waals surface area contributed by atoms with Crippen molar-refractivity contribution in [1.29, 1.82) is 0 Å². The number of nitrogens with zero attached hydrogens (tertiary/aromatic N) is 1. The van der Waals surface area contributed by atoms with Gasteiger partial charge in [0.1, 0.15) is 6.04 Å². The fourth-order valence-electron chi connectivity index (χ4n) is 0.797. The number of rotatable bonds is 4. The quantitative estimate of drug-likeness (QED) is 0.614. The van der Waals surface area contributed by atoms with Crippen LogP contribution in [0.2, 0.25) is 0 Å². The van der Waals surface area contributed by atoms with Gasteiger partial charge >= 0.3 is 6.09 Å². The molecule has 0 aromatic rings. The molecule has 0 heterocycles. The van der Waals surface area contributed by atoms with Gasteiger partial charge in [0.05, 0.1) is 7.11 Å². The lowest BCUT2D eigenvalue weighted by Gasteiger charge is -2.20. The smallest absolute Gasteiger partial charge is 0.405 e. The van der Waals surface area contributed by atoms with E-state index in [0.717, 1.165) is 5.06 Å². The molecule has 0 unspecified atom stereocenters. The van der Waals surface area contributed by atoms with Crippen molar-refractivity contribution in [1.82, 2.24) is 10.4 Å². The SMILES string of the molecule is CC[C@@H](NC(=O)O)C(=O)N(C)OC. The maximum absolute atomic E-state index is 11.3. The highest BCUT2D eigenvalue weighted by Gasteiger charge is 2.21. The standard InChI is InChI=1S/C7H14N2O4/c1-4-5(8-7(11)12)6(10)9(2)13-3/h5,8H,4H2,1-3H3,(H,11,12)/t5-/m1/s1. The number of hydroxylamine groups is 2. The Morgan fingerprint density at radius 2 is 2.15 bits per heavy atom. The van der Waals surface area contributed by atoms with Crippen LogP contribution in [-0.2, 0) is 9.63 Å². The van der Waals surface area contributed by atoms with Gasteiger partial charge in [-0.05, 0) is 6.42 Å². The van der Waals surface area contributed by atoms with E-state index in [0.29, 0.717) is 6.42 Å². The van der Waals surface area contributed by atoms with Crippen molar-refractivity contribution >= 4 is 12.0 Å². The summed E-state index contributed by atoms with van der Waals surface area (Å²) < 4.78 is 0. The molecule has 0 saturated heterocycles. The molecule has 2 amide bonds. The minimum absolute atomic E-state index is 0.388. The Hall–Kier alpha value is -1.30. The van der Waals surface area contributed by atoms with E-state index in [1.165, 1.54) is 14.2 Å². The van der Waals surface area contributed by atoms with Crippen LogP contribution in [0.3, 0.4) is 0 Å².